The number of nitrogens with zero attached hydrogens (tertiary/aromatic N) is 2. The van der Waals surface area contributed by atoms with Crippen molar-refractivity contribution in [2.75, 3.05) is 26.0 Å². The molecule has 15 heavy (non-hydrogen) atoms. The summed E-state index contributed by atoms with van der Waals surface area (Å²) in [7, 11) is 3.42. The highest BCUT2D eigenvalue weighted by molar-refractivity contribution is 7.15. The van der Waals surface area contributed by atoms with Gasteiger partial charge < -0.3 is 9.64 Å². The van der Waals surface area contributed by atoms with Gasteiger partial charge in [-0.05, 0) is 7.05 Å². The van der Waals surface area contributed by atoms with Crippen LogP contribution >= 0.6 is 11.3 Å². The van der Waals surface area contributed by atoms with Crippen LogP contribution < -0.4 is 5.32 Å². The first-order valence-electron chi connectivity index (χ1n) is 4.71. The zero-order chi connectivity index (χ0) is 10.8. The van der Waals surface area contributed by atoms with E-state index in [0.717, 1.165) is 25.2 Å². The summed E-state index contributed by atoms with van der Waals surface area (Å²) in [6.07, 6.45) is 0.486. The quantitative estimate of drug-likeness (QED) is 0.786. The SMILES string of the molecule is COC(=O)Nc1nc2c(s1)CN(C)CC2. The normalized spacial score (nSPS) is 15.9. The molecular weight excluding hydrogens is 214 g/mol. The molecule has 1 amide bonds. The van der Waals surface area contributed by atoms with Crippen molar-refractivity contribution >= 4 is 22.6 Å². The van der Waals surface area contributed by atoms with E-state index in [-0.39, 0.29) is 0 Å². The number of ether oxygens (including phenoxy) is 1. The number of rotatable bonds is 1. The summed E-state index contributed by atoms with van der Waals surface area (Å²) in [6.45, 7) is 1.93. The van der Waals surface area contributed by atoms with Gasteiger partial charge in [0.25, 0.3) is 0 Å². The van der Waals surface area contributed by atoms with Gasteiger partial charge in [0, 0.05) is 24.4 Å². The van der Waals surface area contributed by atoms with Gasteiger partial charge in [0.05, 0.1) is 12.8 Å². The van der Waals surface area contributed by atoms with Crippen LogP contribution in [0.2, 0.25) is 0 Å². The Balaban J connectivity index is 2.12. The minimum Gasteiger partial charge on any atom is -0.453 e. The summed E-state index contributed by atoms with van der Waals surface area (Å²) in [5, 5.41) is 3.22. The molecule has 1 aromatic rings. The zero-order valence-corrected chi connectivity index (χ0v) is 9.56. The summed E-state index contributed by atoms with van der Waals surface area (Å²) in [5.41, 5.74) is 1.10. The van der Waals surface area contributed by atoms with E-state index in [9.17, 15) is 4.79 Å². The smallest absolute Gasteiger partial charge is 0.413 e. The first-order valence-corrected chi connectivity index (χ1v) is 5.53. The topological polar surface area (TPSA) is 54.5 Å². The minimum atomic E-state index is -0.463. The fourth-order valence-corrected chi connectivity index (χ4v) is 2.59. The molecule has 0 spiro atoms. The average Bonchev–Trinajstić information content (AvgIpc) is 2.59. The number of hydrogen-bond acceptors (Lipinski definition) is 5. The van der Waals surface area contributed by atoms with E-state index < -0.39 is 6.09 Å². The number of thiazole rings is 1. The van der Waals surface area contributed by atoms with Gasteiger partial charge in [0.15, 0.2) is 5.13 Å². The molecule has 0 saturated carbocycles. The lowest BCUT2D eigenvalue weighted by molar-refractivity contribution is 0.187. The molecular formula is C9H13N3O2S. The van der Waals surface area contributed by atoms with Crippen LogP contribution in [-0.4, -0.2) is 36.7 Å². The third-order valence-electron chi connectivity index (χ3n) is 2.32. The summed E-state index contributed by atoms with van der Waals surface area (Å²) in [5.74, 6) is 0. The standard InChI is InChI=1S/C9H13N3O2S/c1-12-4-3-6-7(5-12)15-8(10-6)11-9(13)14-2/h3-5H2,1-2H3,(H,10,11,13). The Morgan fingerprint density at radius 2 is 2.47 bits per heavy atom. The van der Waals surface area contributed by atoms with Crippen LogP contribution in [0.15, 0.2) is 0 Å². The maximum absolute atomic E-state index is 11.0. The molecule has 6 heteroatoms. The van der Waals surface area contributed by atoms with E-state index in [0.29, 0.717) is 5.13 Å². The monoisotopic (exact) mass is 227 g/mol. The fraction of sp³-hybridized carbons (Fsp3) is 0.556. The van der Waals surface area contributed by atoms with Crippen molar-refractivity contribution in [3.05, 3.63) is 10.6 Å². The third-order valence-corrected chi connectivity index (χ3v) is 3.31. The third kappa shape index (κ3) is 2.27. The highest BCUT2D eigenvalue weighted by Crippen LogP contribution is 2.27. The second-order valence-corrected chi connectivity index (χ2v) is 4.58. The molecule has 5 nitrogen and oxygen atoms in total. The lowest BCUT2D eigenvalue weighted by Crippen LogP contribution is -2.25. The van der Waals surface area contributed by atoms with Crippen LogP contribution in [0.4, 0.5) is 9.93 Å². The Kier molecular flexibility index (Phi) is 2.88. The number of amides is 1. The number of methoxy groups -OCH3 is 1. The molecule has 0 aromatic carbocycles. The van der Waals surface area contributed by atoms with E-state index in [1.165, 1.54) is 23.3 Å². The average molecular weight is 227 g/mol. The van der Waals surface area contributed by atoms with Gasteiger partial charge in [0.2, 0.25) is 0 Å². The van der Waals surface area contributed by atoms with E-state index in [4.69, 9.17) is 0 Å². The maximum atomic E-state index is 11.0. The van der Waals surface area contributed by atoms with Gasteiger partial charge in [-0.3, -0.25) is 5.32 Å². The van der Waals surface area contributed by atoms with Crippen LogP contribution in [0.25, 0.3) is 0 Å². The van der Waals surface area contributed by atoms with Gasteiger partial charge in [-0.15, -0.1) is 0 Å². The van der Waals surface area contributed by atoms with E-state index in [1.54, 1.807) is 0 Å². The predicted octanol–water partition coefficient (Wildman–Crippen LogP) is 1.31. The Bertz CT molecular complexity index is 377. The van der Waals surface area contributed by atoms with Crippen molar-refractivity contribution in [3.8, 4) is 0 Å². The second-order valence-electron chi connectivity index (χ2n) is 3.49. The summed E-state index contributed by atoms with van der Waals surface area (Å²) in [4.78, 5) is 18.8. The summed E-state index contributed by atoms with van der Waals surface area (Å²) >= 11 is 1.52. The molecule has 2 heterocycles. The molecule has 82 valence electrons. The predicted molar refractivity (Wildman–Crippen MR) is 58.2 cm³/mol. The van der Waals surface area contributed by atoms with Gasteiger partial charge >= 0.3 is 6.09 Å². The van der Waals surface area contributed by atoms with Crippen LogP contribution in [0.5, 0.6) is 0 Å². The lowest BCUT2D eigenvalue weighted by atomic mass is 10.2. The number of anilines is 1. The Morgan fingerprint density at radius 1 is 1.67 bits per heavy atom. The maximum Gasteiger partial charge on any atom is 0.413 e. The van der Waals surface area contributed by atoms with Gasteiger partial charge in [-0.25, -0.2) is 9.78 Å². The Hall–Kier alpha value is -1.14. The molecule has 0 bridgehead atoms. The van der Waals surface area contributed by atoms with Crippen LogP contribution in [0.1, 0.15) is 10.6 Å². The number of fused-ring (bicyclic) bond motifs is 1. The van der Waals surface area contributed by atoms with Crippen molar-refractivity contribution in [1.82, 2.24) is 9.88 Å². The number of hydrogen-bond donors (Lipinski definition) is 1. The number of carbonyl (C=O) groups is 1. The van der Waals surface area contributed by atoms with Gasteiger partial charge in [-0.2, -0.15) is 0 Å². The van der Waals surface area contributed by atoms with Crippen LogP contribution in [-0.2, 0) is 17.7 Å². The fourth-order valence-electron chi connectivity index (χ4n) is 1.51. The second kappa shape index (κ2) is 4.16. The lowest BCUT2D eigenvalue weighted by Gasteiger charge is -2.20. The first-order chi connectivity index (χ1) is 7.19. The van der Waals surface area contributed by atoms with Crippen molar-refractivity contribution in [3.63, 3.8) is 0 Å². The van der Waals surface area contributed by atoms with Crippen molar-refractivity contribution in [2.24, 2.45) is 0 Å². The van der Waals surface area contributed by atoms with E-state index in [1.807, 2.05) is 0 Å². The molecule has 1 aliphatic rings. The van der Waals surface area contributed by atoms with Crippen molar-refractivity contribution in [1.29, 1.82) is 0 Å². The first kappa shape index (κ1) is 10.4. The molecule has 0 radical (unpaired) electrons. The minimum absolute atomic E-state index is 0.463. The van der Waals surface area contributed by atoms with Crippen molar-refractivity contribution < 1.29 is 9.53 Å². The van der Waals surface area contributed by atoms with Gasteiger partial charge in [0.1, 0.15) is 0 Å². The molecule has 0 atom stereocenters. The molecule has 1 N–H and O–H groups in total. The Morgan fingerprint density at radius 3 is 3.20 bits per heavy atom. The van der Waals surface area contributed by atoms with Crippen LogP contribution in [0.3, 0.4) is 0 Å². The highest BCUT2D eigenvalue weighted by atomic mass is 32.1. The van der Waals surface area contributed by atoms with Crippen molar-refractivity contribution in [2.45, 2.75) is 13.0 Å². The van der Waals surface area contributed by atoms with E-state index >= 15 is 0 Å². The number of aromatic nitrogens is 1. The molecule has 0 fully saturated rings. The Labute approximate surface area is 92.1 Å². The number of likely N-dealkylation sites (N-methyl/N-ethyl adjacent to an activating group) is 1. The molecule has 0 saturated heterocycles. The van der Waals surface area contributed by atoms with Crippen LogP contribution in [0, 0.1) is 0 Å². The van der Waals surface area contributed by atoms with E-state index in [2.05, 4.69) is 27.0 Å². The number of nitrogens with one attached hydrogen (secondary N) is 1. The zero-order valence-electron chi connectivity index (χ0n) is 8.74. The van der Waals surface area contributed by atoms with Gasteiger partial charge in [-0.1, -0.05) is 11.3 Å². The molecule has 1 aromatic heterocycles. The molecule has 0 aliphatic carbocycles. The number of carbonyl (C=O) groups excluding carboxylic acids is 1. The summed E-state index contributed by atoms with van der Waals surface area (Å²) < 4.78 is 4.51. The highest BCUT2D eigenvalue weighted by Gasteiger charge is 2.18. The molecule has 1 aliphatic heterocycles. The molecule has 2 rings (SSSR count). The molecule has 0 unspecified atom stereocenters. The largest absolute Gasteiger partial charge is 0.453 e. The summed E-state index contributed by atoms with van der Waals surface area (Å²) in [6, 6.07) is 0.